The topological polar surface area (TPSA) is 88.8 Å². The maximum absolute atomic E-state index is 12.2. The van der Waals surface area contributed by atoms with Gasteiger partial charge in [-0.15, -0.1) is 0 Å². The zero-order chi connectivity index (χ0) is 19.6. The van der Waals surface area contributed by atoms with Crippen LogP contribution in [0.1, 0.15) is 15.9 Å². The van der Waals surface area contributed by atoms with Gasteiger partial charge in [-0.05, 0) is 30.3 Å². The van der Waals surface area contributed by atoms with Crippen LogP contribution >= 0.6 is 11.6 Å². The number of amidine groups is 1. The summed E-state index contributed by atoms with van der Waals surface area (Å²) >= 11 is 6.10. The van der Waals surface area contributed by atoms with Gasteiger partial charge in [-0.2, -0.15) is 5.10 Å². The quantitative estimate of drug-likeness (QED) is 0.395. The average molecular weight is 394 g/mol. The molecule has 0 radical (unpaired) electrons. The second kappa shape index (κ2) is 9.94. The first kappa shape index (κ1) is 19.2. The highest BCUT2D eigenvalue weighted by molar-refractivity contribution is 6.32. The van der Waals surface area contributed by atoms with Crippen molar-refractivity contribution in [2.45, 2.75) is 0 Å². The molecule has 7 nitrogen and oxygen atoms in total. The lowest BCUT2D eigenvalue weighted by molar-refractivity contribution is 0.0954. The third-order valence-electron chi connectivity index (χ3n) is 3.47. The van der Waals surface area contributed by atoms with E-state index in [1.807, 2.05) is 12.1 Å². The van der Waals surface area contributed by atoms with Gasteiger partial charge < -0.3 is 4.74 Å². The van der Waals surface area contributed by atoms with Crippen LogP contribution in [-0.2, 0) is 0 Å². The Hall–Kier alpha value is -3.58. The molecule has 0 saturated heterocycles. The number of hydrogen-bond donors (Lipinski definition) is 1. The summed E-state index contributed by atoms with van der Waals surface area (Å²) in [5.41, 5.74) is 3.68. The van der Waals surface area contributed by atoms with E-state index >= 15 is 0 Å². The van der Waals surface area contributed by atoms with Crippen molar-refractivity contribution in [1.29, 1.82) is 0 Å². The van der Waals surface area contributed by atoms with E-state index in [-0.39, 0.29) is 18.3 Å². The molecule has 2 aromatic heterocycles. The van der Waals surface area contributed by atoms with Crippen LogP contribution in [0.5, 0.6) is 5.75 Å². The van der Waals surface area contributed by atoms with E-state index < -0.39 is 0 Å². The summed E-state index contributed by atoms with van der Waals surface area (Å²) in [6.45, 7) is 0.0110. The summed E-state index contributed by atoms with van der Waals surface area (Å²) in [5, 5.41) is 4.54. The fourth-order valence-electron chi connectivity index (χ4n) is 2.09. The predicted molar refractivity (Wildman–Crippen MR) is 108 cm³/mol. The zero-order valence-electron chi connectivity index (χ0n) is 14.7. The van der Waals surface area contributed by atoms with Gasteiger partial charge in [0.15, 0.2) is 5.84 Å². The number of carbonyl (C=O) groups excluding carboxylic acids is 1. The standard InChI is InChI=1S/C20H16ClN5O2/c21-17-5-1-2-6-18(17)28-14-19(24-13-15-4-3-9-23-12-15)25-26-20(27)16-7-10-22-11-8-16/h1-13H,14H2,(H,26,27)/b24-13?,25-19-. The van der Waals surface area contributed by atoms with E-state index in [0.717, 1.165) is 5.56 Å². The molecule has 0 fully saturated rings. The van der Waals surface area contributed by atoms with Gasteiger partial charge in [0, 0.05) is 42.1 Å². The van der Waals surface area contributed by atoms with Crippen LogP contribution in [0.3, 0.4) is 0 Å². The molecule has 8 heteroatoms. The molecule has 3 rings (SSSR count). The summed E-state index contributed by atoms with van der Waals surface area (Å²) in [7, 11) is 0. The second-order valence-corrected chi connectivity index (χ2v) is 5.88. The van der Waals surface area contributed by atoms with E-state index in [4.69, 9.17) is 16.3 Å². The Bertz CT molecular complexity index is 978. The number of rotatable bonds is 6. The number of pyridine rings is 2. The van der Waals surface area contributed by atoms with Gasteiger partial charge in [-0.1, -0.05) is 29.8 Å². The van der Waals surface area contributed by atoms with Gasteiger partial charge in [-0.3, -0.25) is 14.8 Å². The Kier molecular flexibility index (Phi) is 6.81. The van der Waals surface area contributed by atoms with Gasteiger partial charge in [0.05, 0.1) is 5.02 Å². The number of aromatic nitrogens is 2. The maximum atomic E-state index is 12.2. The number of para-hydroxylation sites is 1. The lowest BCUT2D eigenvalue weighted by Gasteiger charge is -2.08. The Morgan fingerprint density at radius 3 is 2.64 bits per heavy atom. The first-order chi connectivity index (χ1) is 13.7. The van der Waals surface area contributed by atoms with Gasteiger partial charge in [0.25, 0.3) is 5.91 Å². The number of nitrogens with one attached hydrogen (secondary N) is 1. The lowest BCUT2D eigenvalue weighted by Crippen LogP contribution is -2.21. The Labute approximate surface area is 166 Å². The highest BCUT2D eigenvalue weighted by Gasteiger charge is 2.06. The predicted octanol–water partition coefficient (Wildman–Crippen LogP) is 3.37. The van der Waals surface area contributed by atoms with Crippen molar-refractivity contribution >= 4 is 29.6 Å². The highest BCUT2D eigenvalue weighted by atomic mass is 35.5. The molecule has 1 N–H and O–H groups in total. The zero-order valence-corrected chi connectivity index (χ0v) is 15.5. The Morgan fingerprint density at radius 2 is 1.89 bits per heavy atom. The molecular formula is C20H16ClN5O2. The van der Waals surface area contributed by atoms with Crippen molar-refractivity contribution in [2.24, 2.45) is 10.1 Å². The molecule has 0 unspecified atom stereocenters. The minimum atomic E-state index is -0.380. The monoisotopic (exact) mass is 393 g/mol. The summed E-state index contributed by atoms with van der Waals surface area (Å²) in [6, 6.07) is 13.9. The SMILES string of the molecule is O=C(N/N=C(/COc1ccccc1Cl)N=Cc1cccnc1)c1ccncc1. The normalized spacial score (nSPS) is 11.4. The first-order valence-electron chi connectivity index (χ1n) is 8.31. The summed E-state index contributed by atoms with van der Waals surface area (Å²) in [5.74, 6) is 0.370. The number of benzene rings is 1. The minimum Gasteiger partial charge on any atom is -0.484 e. The van der Waals surface area contributed by atoms with Crippen LogP contribution in [0.4, 0.5) is 0 Å². The van der Waals surface area contributed by atoms with Crippen molar-refractivity contribution in [3.63, 3.8) is 0 Å². The van der Waals surface area contributed by atoms with Crippen LogP contribution < -0.4 is 10.2 Å². The summed E-state index contributed by atoms with van der Waals surface area (Å²) in [4.78, 5) is 24.4. The van der Waals surface area contributed by atoms with Crippen LogP contribution in [-0.4, -0.2) is 34.5 Å². The van der Waals surface area contributed by atoms with Crippen LogP contribution in [0.25, 0.3) is 0 Å². The molecule has 0 aliphatic rings. The molecule has 0 atom stereocenters. The van der Waals surface area contributed by atoms with Crippen LogP contribution in [0.2, 0.25) is 5.02 Å². The van der Waals surface area contributed by atoms with E-state index in [0.29, 0.717) is 16.3 Å². The summed E-state index contributed by atoms with van der Waals surface area (Å²) < 4.78 is 5.67. The fourth-order valence-corrected chi connectivity index (χ4v) is 2.28. The largest absolute Gasteiger partial charge is 0.484 e. The molecule has 0 spiro atoms. The molecule has 1 amide bonds. The number of hydrazone groups is 1. The number of amides is 1. The second-order valence-electron chi connectivity index (χ2n) is 5.47. The Morgan fingerprint density at radius 1 is 1.07 bits per heavy atom. The van der Waals surface area contributed by atoms with Gasteiger partial charge >= 0.3 is 0 Å². The Balaban J connectivity index is 1.74. The fraction of sp³-hybridized carbons (Fsp3) is 0.0500. The van der Waals surface area contributed by atoms with Crippen molar-refractivity contribution in [1.82, 2.24) is 15.4 Å². The summed E-state index contributed by atoms with van der Waals surface area (Å²) in [6.07, 6.45) is 7.97. The molecule has 1 aromatic carbocycles. The van der Waals surface area contributed by atoms with Gasteiger partial charge in [0.1, 0.15) is 12.4 Å². The molecule has 0 bridgehead atoms. The molecule has 2 heterocycles. The van der Waals surface area contributed by atoms with E-state index in [9.17, 15) is 4.79 Å². The number of aliphatic imine (C=N–C) groups is 1. The average Bonchev–Trinajstić information content (AvgIpc) is 2.75. The molecule has 0 saturated carbocycles. The lowest BCUT2D eigenvalue weighted by atomic mass is 10.3. The van der Waals surface area contributed by atoms with Crippen molar-refractivity contribution in [3.8, 4) is 5.75 Å². The van der Waals surface area contributed by atoms with Crippen molar-refractivity contribution in [2.75, 3.05) is 6.61 Å². The third kappa shape index (κ3) is 5.72. The molecule has 28 heavy (non-hydrogen) atoms. The molecular weight excluding hydrogens is 378 g/mol. The number of nitrogens with zero attached hydrogens (tertiary/aromatic N) is 4. The smallest absolute Gasteiger partial charge is 0.271 e. The number of halogens is 1. The van der Waals surface area contributed by atoms with Crippen LogP contribution in [0, 0.1) is 0 Å². The van der Waals surface area contributed by atoms with Crippen molar-refractivity contribution < 1.29 is 9.53 Å². The van der Waals surface area contributed by atoms with E-state index in [2.05, 4.69) is 25.5 Å². The van der Waals surface area contributed by atoms with Gasteiger partial charge in [0.2, 0.25) is 0 Å². The maximum Gasteiger partial charge on any atom is 0.271 e. The van der Waals surface area contributed by atoms with Crippen LogP contribution in [0.15, 0.2) is 83.4 Å². The molecule has 0 aliphatic heterocycles. The first-order valence-corrected chi connectivity index (χ1v) is 8.68. The molecule has 0 aliphatic carbocycles. The van der Waals surface area contributed by atoms with Crippen molar-refractivity contribution in [3.05, 3.63) is 89.5 Å². The number of hydrogen-bond acceptors (Lipinski definition) is 5. The van der Waals surface area contributed by atoms with E-state index in [1.165, 1.54) is 12.4 Å². The highest BCUT2D eigenvalue weighted by Crippen LogP contribution is 2.22. The molecule has 140 valence electrons. The van der Waals surface area contributed by atoms with E-state index in [1.54, 1.807) is 55.0 Å². The molecule has 3 aromatic rings. The minimum absolute atomic E-state index is 0.0110. The number of ether oxygens (including phenoxy) is 1. The number of carbonyl (C=O) groups is 1. The third-order valence-corrected chi connectivity index (χ3v) is 3.78. The van der Waals surface area contributed by atoms with Gasteiger partial charge in [-0.25, -0.2) is 10.4 Å².